The van der Waals surface area contributed by atoms with Crippen LogP contribution in [0.1, 0.15) is 11.1 Å². The maximum atomic E-state index is 4.81. The van der Waals surface area contributed by atoms with E-state index in [1.807, 2.05) is 12.2 Å². The van der Waals surface area contributed by atoms with Crippen molar-refractivity contribution in [2.75, 3.05) is 0 Å². The molecule has 0 saturated heterocycles. The first kappa shape index (κ1) is 21.1. The van der Waals surface area contributed by atoms with Gasteiger partial charge in [0.1, 0.15) is 0 Å². The molecule has 3 aromatic carbocycles. The predicted molar refractivity (Wildman–Crippen MR) is 117 cm³/mol. The zero-order valence-corrected chi connectivity index (χ0v) is 18.1. The molecule has 3 aromatic rings. The standard InChI is InChI=1S/C22H19P.2ClH.Pd/c1-3-18-12-11-17-22(21(18)4-2)23(19-13-7-5-8-14-19)20-15-9-6-10-16-20;;;/h3-17H,1-2H2;2*1H;/q;;;+2/p-2. The van der Waals surface area contributed by atoms with Gasteiger partial charge in [0.15, 0.2) is 0 Å². The average Bonchev–Trinajstić information content (AvgIpc) is 2.70. The van der Waals surface area contributed by atoms with Gasteiger partial charge in [0.25, 0.3) is 0 Å². The van der Waals surface area contributed by atoms with E-state index in [1.165, 1.54) is 21.5 Å². The van der Waals surface area contributed by atoms with Crippen molar-refractivity contribution in [2.45, 2.75) is 0 Å². The molecule has 0 radical (unpaired) electrons. The molecule has 0 atom stereocenters. The van der Waals surface area contributed by atoms with E-state index in [-0.39, 0.29) is 15.9 Å². The number of hydrogen-bond acceptors (Lipinski definition) is 0. The summed E-state index contributed by atoms with van der Waals surface area (Å²) in [5, 5.41) is 4.01. The second-order valence-corrected chi connectivity index (χ2v) is 9.79. The SMILES string of the molecule is C=Cc1cccc(P(c2ccccc2)c2ccccc2)c1C=C.[Cl][Pd][Cl]. The first-order valence-corrected chi connectivity index (χ1v) is 13.2. The van der Waals surface area contributed by atoms with E-state index < -0.39 is 7.92 Å². The van der Waals surface area contributed by atoms with Crippen molar-refractivity contribution in [3.05, 3.63) is 103 Å². The van der Waals surface area contributed by atoms with Crippen molar-refractivity contribution in [3.8, 4) is 0 Å². The fourth-order valence-corrected chi connectivity index (χ4v) is 5.24. The molecular formula is C22H19Cl2PPd. The molecule has 3 rings (SSSR count). The molecule has 0 aliphatic heterocycles. The summed E-state index contributed by atoms with van der Waals surface area (Å²) >= 11 is -0.106. The molecule has 0 unspecified atom stereocenters. The van der Waals surface area contributed by atoms with Gasteiger partial charge in [-0.1, -0.05) is 104 Å². The van der Waals surface area contributed by atoms with Gasteiger partial charge in [-0.25, -0.2) is 0 Å². The summed E-state index contributed by atoms with van der Waals surface area (Å²) in [7, 11) is 9.01. The molecule has 0 aliphatic carbocycles. The van der Waals surface area contributed by atoms with Gasteiger partial charge in [-0.15, -0.1) is 0 Å². The van der Waals surface area contributed by atoms with Gasteiger partial charge in [0.05, 0.1) is 0 Å². The number of hydrogen-bond donors (Lipinski definition) is 0. The predicted octanol–water partition coefficient (Wildman–Crippen LogP) is 6.11. The Hall–Kier alpha value is -1.19. The van der Waals surface area contributed by atoms with Crippen LogP contribution in [-0.4, -0.2) is 0 Å². The van der Waals surface area contributed by atoms with Gasteiger partial charge in [-0.3, -0.25) is 0 Å². The maximum absolute atomic E-state index is 4.81. The van der Waals surface area contributed by atoms with Crippen LogP contribution >= 0.6 is 27.0 Å². The van der Waals surface area contributed by atoms with E-state index in [2.05, 4.69) is 92.0 Å². The Kier molecular flexibility index (Phi) is 9.35. The number of halogens is 2. The van der Waals surface area contributed by atoms with E-state index in [1.54, 1.807) is 0 Å². The Balaban J connectivity index is 0.000000758. The average molecular weight is 492 g/mol. The van der Waals surface area contributed by atoms with E-state index in [4.69, 9.17) is 19.1 Å². The van der Waals surface area contributed by atoms with Gasteiger partial charge in [0.2, 0.25) is 0 Å². The van der Waals surface area contributed by atoms with Crippen molar-refractivity contribution in [1.82, 2.24) is 0 Å². The van der Waals surface area contributed by atoms with Crippen LogP contribution in [-0.2, 0) is 15.9 Å². The molecule has 26 heavy (non-hydrogen) atoms. The number of benzene rings is 3. The Morgan fingerprint density at radius 2 is 1.19 bits per heavy atom. The molecule has 0 bridgehead atoms. The number of rotatable bonds is 5. The third kappa shape index (κ3) is 5.40. The summed E-state index contributed by atoms with van der Waals surface area (Å²) < 4.78 is 0. The van der Waals surface area contributed by atoms with Crippen LogP contribution in [0.25, 0.3) is 12.2 Å². The third-order valence-corrected chi connectivity index (χ3v) is 6.31. The monoisotopic (exact) mass is 490 g/mol. The second kappa shape index (κ2) is 11.5. The Morgan fingerprint density at radius 1 is 0.692 bits per heavy atom. The van der Waals surface area contributed by atoms with Crippen molar-refractivity contribution < 1.29 is 15.9 Å². The molecular weight excluding hydrogens is 473 g/mol. The molecule has 0 spiro atoms. The van der Waals surface area contributed by atoms with Crippen LogP contribution in [0.2, 0.25) is 0 Å². The first-order valence-electron chi connectivity index (χ1n) is 7.87. The summed E-state index contributed by atoms with van der Waals surface area (Å²) in [5.74, 6) is 0. The summed E-state index contributed by atoms with van der Waals surface area (Å²) in [6, 6.07) is 27.9. The van der Waals surface area contributed by atoms with E-state index in [9.17, 15) is 0 Å². The zero-order valence-electron chi connectivity index (χ0n) is 14.1. The van der Waals surface area contributed by atoms with E-state index >= 15 is 0 Å². The van der Waals surface area contributed by atoms with Crippen molar-refractivity contribution in [2.24, 2.45) is 0 Å². The van der Waals surface area contributed by atoms with Gasteiger partial charge in [0, 0.05) is 0 Å². The van der Waals surface area contributed by atoms with Crippen molar-refractivity contribution >= 4 is 55.0 Å². The topological polar surface area (TPSA) is 0 Å². The van der Waals surface area contributed by atoms with Gasteiger partial charge in [-0.2, -0.15) is 0 Å². The Labute approximate surface area is 173 Å². The first-order chi connectivity index (χ1) is 12.8. The molecule has 0 fully saturated rings. The van der Waals surface area contributed by atoms with Crippen LogP contribution in [0.5, 0.6) is 0 Å². The quantitative estimate of drug-likeness (QED) is 0.299. The fraction of sp³-hybridized carbons (Fsp3) is 0. The van der Waals surface area contributed by atoms with Crippen LogP contribution < -0.4 is 15.9 Å². The molecule has 0 N–H and O–H groups in total. The molecule has 0 saturated carbocycles. The third-order valence-electron chi connectivity index (χ3n) is 3.81. The van der Waals surface area contributed by atoms with Crippen LogP contribution in [0.15, 0.2) is 92.0 Å². The summed E-state index contributed by atoms with van der Waals surface area (Å²) in [6.07, 6.45) is 3.86. The van der Waals surface area contributed by atoms with E-state index in [0.717, 1.165) is 5.56 Å². The minimum atomic E-state index is -0.614. The molecule has 0 heterocycles. The van der Waals surface area contributed by atoms with Crippen molar-refractivity contribution in [3.63, 3.8) is 0 Å². The van der Waals surface area contributed by atoms with Gasteiger partial charge < -0.3 is 0 Å². The van der Waals surface area contributed by atoms with Gasteiger partial charge >= 0.3 is 35.0 Å². The van der Waals surface area contributed by atoms with E-state index in [0.29, 0.717) is 0 Å². The summed E-state index contributed by atoms with van der Waals surface area (Å²) in [4.78, 5) is 0. The molecule has 136 valence electrons. The van der Waals surface area contributed by atoms with Crippen LogP contribution in [0, 0.1) is 0 Å². The Bertz CT molecular complexity index is 796. The summed E-state index contributed by atoms with van der Waals surface area (Å²) in [5.41, 5.74) is 2.32. The fourth-order valence-electron chi connectivity index (χ4n) is 2.75. The summed E-state index contributed by atoms with van der Waals surface area (Å²) in [6.45, 7) is 7.98. The van der Waals surface area contributed by atoms with Crippen LogP contribution in [0.3, 0.4) is 0 Å². The molecule has 4 heteroatoms. The van der Waals surface area contributed by atoms with Crippen LogP contribution in [0.4, 0.5) is 0 Å². The molecule has 0 aliphatic rings. The van der Waals surface area contributed by atoms with Gasteiger partial charge in [-0.05, 0) is 35.0 Å². The molecule has 0 amide bonds. The normalized spacial score (nSPS) is 10.1. The second-order valence-electron chi connectivity index (χ2n) is 5.24. The molecule has 0 nitrogen and oxygen atoms in total. The molecule has 0 aromatic heterocycles. The van der Waals surface area contributed by atoms with Crippen molar-refractivity contribution in [1.29, 1.82) is 0 Å². The Morgan fingerprint density at radius 3 is 1.62 bits per heavy atom. The zero-order chi connectivity index (χ0) is 18.8. The minimum absolute atomic E-state index is 0.106.